The number of anilines is 1. The molecule has 0 saturated carbocycles. The summed E-state index contributed by atoms with van der Waals surface area (Å²) in [6, 6.07) is 14.1. The number of hydrogen-bond donors (Lipinski definition) is 1. The van der Waals surface area contributed by atoms with Crippen LogP contribution in [0.25, 0.3) is 0 Å². The molecule has 0 radical (unpaired) electrons. The van der Waals surface area contributed by atoms with Gasteiger partial charge in [-0.05, 0) is 18.6 Å². The van der Waals surface area contributed by atoms with Gasteiger partial charge in [0.25, 0.3) is 5.69 Å². The van der Waals surface area contributed by atoms with Gasteiger partial charge in [0.2, 0.25) is 5.91 Å². The van der Waals surface area contributed by atoms with Crippen LogP contribution < -0.4 is 10.1 Å². The van der Waals surface area contributed by atoms with E-state index in [-0.39, 0.29) is 17.6 Å². The van der Waals surface area contributed by atoms with Crippen molar-refractivity contribution in [1.29, 1.82) is 0 Å². The zero-order valence-electron chi connectivity index (χ0n) is 16.7. The second-order valence-corrected chi connectivity index (χ2v) is 7.10. The smallest absolute Gasteiger partial charge is 0.271 e. The van der Waals surface area contributed by atoms with Crippen molar-refractivity contribution < 1.29 is 14.5 Å². The Morgan fingerprint density at radius 2 is 1.86 bits per heavy atom. The third kappa shape index (κ3) is 5.30. The normalized spacial score (nSPS) is 16.2. The number of nitro groups is 1. The van der Waals surface area contributed by atoms with Gasteiger partial charge in [-0.2, -0.15) is 0 Å². The first-order valence-corrected chi connectivity index (χ1v) is 9.61. The highest BCUT2D eigenvalue weighted by Gasteiger charge is 2.26. The van der Waals surface area contributed by atoms with Gasteiger partial charge in [0.15, 0.2) is 0 Å². The standard InChI is InChI=1S/C21H26N4O4/c1-16(21(26)22-19-14-18(25(27)28)8-9-20(19)29-2)24-12-10-23(11-13-24)15-17-6-4-3-5-7-17/h3-9,14,16H,10-13,15H2,1-2H3,(H,22,26). The van der Waals surface area contributed by atoms with E-state index < -0.39 is 4.92 Å². The molecule has 8 nitrogen and oxygen atoms in total. The number of nitrogens with one attached hydrogen (secondary N) is 1. The fraction of sp³-hybridized carbons (Fsp3) is 0.381. The first kappa shape index (κ1) is 20.8. The zero-order chi connectivity index (χ0) is 20.8. The molecule has 2 aromatic carbocycles. The van der Waals surface area contributed by atoms with Gasteiger partial charge in [0, 0.05) is 44.9 Å². The number of non-ortho nitro benzene ring substituents is 1. The summed E-state index contributed by atoms with van der Waals surface area (Å²) in [6.07, 6.45) is 0. The van der Waals surface area contributed by atoms with Crippen molar-refractivity contribution in [3.05, 3.63) is 64.2 Å². The van der Waals surface area contributed by atoms with Gasteiger partial charge >= 0.3 is 0 Å². The number of benzene rings is 2. The number of rotatable bonds is 7. The highest BCUT2D eigenvalue weighted by atomic mass is 16.6. The average Bonchev–Trinajstić information content (AvgIpc) is 2.74. The molecule has 3 rings (SSSR count). The van der Waals surface area contributed by atoms with Crippen LogP contribution in [0.1, 0.15) is 12.5 Å². The van der Waals surface area contributed by atoms with Gasteiger partial charge in [-0.25, -0.2) is 0 Å². The number of carbonyl (C=O) groups excluding carboxylic acids is 1. The molecule has 1 atom stereocenters. The number of piperazine rings is 1. The van der Waals surface area contributed by atoms with Crippen molar-refractivity contribution in [3.63, 3.8) is 0 Å². The summed E-state index contributed by atoms with van der Waals surface area (Å²) < 4.78 is 5.22. The molecule has 0 aliphatic carbocycles. The Morgan fingerprint density at radius 1 is 1.17 bits per heavy atom. The first-order chi connectivity index (χ1) is 14.0. The Kier molecular flexibility index (Phi) is 6.79. The van der Waals surface area contributed by atoms with Crippen LogP contribution in [-0.2, 0) is 11.3 Å². The molecule has 0 aromatic heterocycles. The van der Waals surface area contributed by atoms with Gasteiger partial charge in [-0.3, -0.25) is 24.7 Å². The lowest BCUT2D eigenvalue weighted by Gasteiger charge is -2.37. The summed E-state index contributed by atoms with van der Waals surface area (Å²) in [5.74, 6) is 0.184. The molecule has 1 aliphatic heterocycles. The molecule has 1 N–H and O–H groups in total. The minimum atomic E-state index is -0.496. The minimum Gasteiger partial charge on any atom is -0.495 e. The zero-order valence-corrected chi connectivity index (χ0v) is 16.7. The quantitative estimate of drug-likeness (QED) is 0.570. The number of hydrogen-bond acceptors (Lipinski definition) is 6. The predicted molar refractivity (Wildman–Crippen MR) is 111 cm³/mol. The summed E-state index contributed by atoms with van der Waals surface area (Å²) in [7, 11) is 1.46. The van der Waals surface area contributed by atoms with Crippen LogP contribution in [0.3, 0.4) is 0 Å². The number of carbonyl (C=O) groups is 1. The molecule has 0 spiro atoms. The van der Waals surface area contributed by atoms with Crippen LogP contribution in [0, 0.1) is 10.1 Å². The Balaban J connectivity index is 1.57. The van der Waals surface area contributed by atoms with E-state index in [0.717, 1.165) is 32.7 Å². The topological polar surface area (TPSA) is 87.9 Å². The molecule has 1 fully saturated rings. The highest BCUT2D eigenvalue weighted by Crippen LogP contribution is 2.29. The Bertz CT molecular complexity index is 851. The summed E-state index contributed by atoms with van der Waals surface area (Å²) in [6.45, 7) is 6.09. The van der Waals surface area contributed by atoms with Gasteiger partial charge in [-0.1, -0.05) is 30.3 Å². The molecule has 29 heavy (non-hydrogen) atoms. The summed E-state index contributed by atoms with van der Waals surface area (Å²) in [5.41, 5.74) is 1.49. The molecule has 154 valence electrons. The van der Waals surface area contributed by atoms with Crippen LogP contribution >= 0.6 is 0 Å². The fourth-order valence-corrected chi connectivity index (χ4v) is 3.46. The number of nitro benzene ring substituents is 1. The van der Waals surface area contributed by atoms with Crippen LogP contribution in [0.15, 0.2) is 48.5 Å². The number of methoxy groups -OCH3 is 1. The number of nitrogens with zero attached hydrogens (tertiary/aromatic N) is 3. The maximum absolute atomic E-state index is 12.7. The lowest BCUT2D eigenvalue weighted by Crippen LogP contribution is -2.52. The number of ether oxygens (including phenoxy) is 1. The molecule has 1 amide bonds. The summed E-state index contributed by atoms with van der Waals surface area (Å²) >= 11 is 0. The molecule has 1 unspecified atom stereocenters. The molecular weight excluding hydrogens is 372 g/mol. The molecule has 2 aromatic rings. The lowest BCUT2D eigenvalue weighted by molar-refractivity contribution is -0.384. The Morgan fingerprint density at radius 3 is 2.48 bits per heavy atom. The van der Waals surface area contributed by atoms with Crippen LogP contribution in [0.2, 0.25) is 0 Å². The second-order valence-electron chi connectivity index (χ2n) is 7.10. The molecular formula is C21H26N4O4. The first-order valence-electron chi connectivity index (χ1n) is 9.61. The average molecular weight is 398 g/mol. The second kappa shape index (κ2) is 9.49. The Labute approximate surface area is 170 Å². The van der Waals surface area contributed by atoms with Crippen molar-refractivity contribution in [2.45, 2.75) is 19.5 Å². The Hall–Kier alpha value is -2.97. The molecule has 1 aliphatic rings. The van der Waals surface area contributed by atoms with E-state index in [4.69, 9.17) is 4.74 Å². The van der Waals surface area contributed by atoms with E-state index in [1.807, 2.05) is 25.1 Å². The van der Waals surface area contributed by atoms with E-state index in [0.29, 0.717) is 11.4 Å². The molecule has 8 heteroatoms. The van der Waals surface area contributed by atoms with E-state index in [1.165, 1.54) is 30.9 Å². The van der Waals surface area contributed by atoms with Crippen molar-refractivity contribution in [3.8, 4) is 5.75 Å². The van der Waals surface area contributed by atoms with Gasteiger partial charge in [0.05, 0.1) is 23.8 Å². The fourth-order valence-electron chi connectivity index (χ4n) is 3.46. The van der Waals surface area contributed by atoms with Crippen molar-refractivity contribution in [2.75, 3.05) is 38.6 Å². The largest absolute Gasteiger partial charge is 0.495 e. The molecule has 0 bridgehead atoms. The van der Waals surface area contributed by atoms with E-state index >= 15 is 0 Å². The third-order valence-electron chi connectivity index (χ3n) is 5.23. The van der Waals surface area contributed by atoms with Crippen LogP contribution in [0.5, 0.6) is 5.75 Å². The molecule has 1 heterocycles. The lowest BCUT2D eigenvalue weighted by atomic mass is 10.1. The van der Waals surface area contributed by atoms with Gasteiger partial charge in [-0.15, -0.1) is 0 Å². The van der Waals surface area contributed by atoms with E-state index in [1.54, 1.807) is 0 Å². The van der Waals surface area contributed by atoms with E-state index in [9.17, 15) is 14.9 Å². The highest BCUT2D eigenvalue weighted by molar-refractivity contribution is 5.96. The molecule has 1 saturated heterocycles. The monoisotopic (exact) mass is 398 g/mol. The predicted octanol–water partition coefficient (Wildman–Crippen LogP) is 2.75. The minimum absolute atomic E-state index is 0.0942. The van der Waals surface area contributed by atoms with Gasteiger partial charge < -0.3 is 10.1 Å². The van der Waals surface area contributed by atoms with Crippen LogP contribution in [-0.4, -0.2) is 60.0 Å². The summed E-state index contributed by atoms with van der Waals surface area (Å²) in [5, 5.41) is 13.8. The summed E-state index contributed by atoms with van der Waals surface area (Å²) in [4.78, 5) is 27.8. The SMILES string of the molecule is COc1ccc([N+](=O)[O-])cc1NC(=O)C(C)N1CCN(Cc2ccccc2)CC1. The third-order valence-corrected chi connectivity index (χ3v) is 5.23. The van der Waals surface area contributed by atoms with Crippen molar-refractivity contribution >= 4 is 17.3 Å². The van der Waals surface area contributed by atoms with Crippen LogP contribution in [0.4, 0.5) is 11.4 Å². The maximum atomic E-state index is 12.7. The number of amides is 1. The van der Waals surface area contributed by atoms with Gasteiger partial charge in [0.1, 0.15) is 5.75 Å². The van der Waals surface area contributed by atoms with Crippen molar-refractivity contribution in [1.82, 2.24) is 9.80 Å². The van der Waals surface area contributed by atoms with E-state index in [2.05, 4.69) is 27.2 Å². The van der Waals surface area contributed by atoms with Crippen molar-refractivity contribution in [2.24, 2.45) is 0 Å². The maximum Gasteiger partial charge on any atom is 0.271 e.